The molecule has 1 fully saturated rings. The van der Waals surface area contributed by atoms with Gasteiger partial charge in [0.05, 0.1) is 5.39 Å². The van der Waals surface area contributed by atoms with Crippen molar-refractivity contribution in [3.05, 3.63) is 75.3 Å². The van der Waals surface area contributed by atoms with E-state index in [0.717, 1.165) is 56.7 Å². The normalized spacial score (nSPS) is 16.8. The van der Waals surface area contributed by atoms with Crippen LogP contribution in [-0.2, 0) is 38.3 Å². The number of esters is 4. The van der Waals surface area contributed by atoms with Gasteiger partial charge in [-0.1, -0.05) is 30.3 Å². The third-order valence-electron chi connectivity index (χ3n) is 7.60. The Bertz CT molecular complexity index is 2180. The number of nitrogens with zero attached hydrogens (tertiary/aromatic N) is 1. The fourth-order valence-electron chi connectivity index (χ4n) is 5.44. The van der Waals surface area contributed by atoms with Crippen LogP contribution in [-0.4, -0.2) is 81.3 Å². The first-order valence-corrected chi connectivity index (χ1v) is 16.5. The van der Waals surface area contributed by atoms with Gasteiger partial charge < -0.3 is 39.1 Å². The summed E-state index contributed by atoms with van der Waals surface area (Å²) in [6.07, 6.45) is 0.717. The highest BCUT2D eigenvalue weighted by Crippen LogP contribution is 2.44. The standard InChI is InChI=1S/C34H29N3O15S/c1-14(38)48-11-19-13-53-33-24(32(45)37(33)25(19)34(46)47)36-31(44)23(18-8-6-5-7-9-18)35-30(43)21-12-49-27-20(26(21)42)10-22(50-15(2)39)28(51-16(3)40)29(27)52-17(4)41/h5-10,12,23-24,33H,11,13H2,1-4H3,(H,35,43)(H,36,44)(H,46,47)/t23?,24-,33+/m1/s1. The predicted molar refractivity (Wildman–Crippen MR) is 179 cm³/mol. The van der Waals surface area contributed by atoms with Crippen molar-refractivity contribution in [2.75, 3.05) is 12.4 Å². The number of benzene rings is 2. The highest BCUT2D eigenvalue weighted by Gasteiger charge is 2.54. The van der Waals surface area contributed by atoms with Gasteiger partial charge in [-0.15, -0.1) is 11.8 Å². The molecule has 0 spiro atoms. The second-order valence-electron chi connectivity index (χ2n) is 11.4. The number of rotatable bonds is 11. The van der Waals surface area contributed by atoms with Crippen LogP contribution in [0, 0.1) is 0 Å². The van der Waals surface area contributed by atoms with Crippen LogP contribution in [0.4, 0.5) is 0 Å². The van der Waals surface area contributed by atoms with E-state index in [1.54, 1.807) is 18.2 Å². The Morgan fingerprint density at radius 3 is 2.17 bits per heavy atom. The Balaban J connectivity index is 1.47. The third kappa shape index (κ3) is 7.88. The average molecular weight is 752 g/mol. The van der Waals surface area contributed by atoms with Gasteiger partial charge in [0.15, 0.2) is 11.3 Å². The second kappa shape index (κ2) is 15.4. The molecule has 19 heteroatoms. The first-order chi connectivity index (χ1) is 25.1. The Kier molecular flexibility index (Phi) is 11.0. The van der Waals surface area contributed by atoms with Crippen LogP contribution in [0.1, 0.15) is 49.7 Å². The molecule has 1 saturated heterocycles. The van der Waals surface area contributed by atoms with E-state index in [2.05, 4.69) is 10.6 Å². The van der Waals surface area contributed by atoms with Crippen molar-refractivity contribution >= 4 is 70.3 Å². The summed E-state index contributed by atoms with van der Waals surface area (Å²) >= 11 is 1.13. The number of nitrogens with one attached hydrogen (secondary N) is 2. The molecule has 0 bridgehead atoms. The molecule has 3 N–H and O–H groups in total. The molecule has 1 unspecified atom stereocenters. The second-order valence-corrected chi connectivity index (χ2v) is 12.5. The third-order valence-corrected chi connectivity index (χ3v) is 8.94. The summed E-state index contributed by atoms with van der Waals surface area (Å²) in [5.41, 5.74) is -2.07. The number of carboxylic acid groups (broad SMARTS) is 1. The van der Waals surface area contributed by atoms with Crippen LogP contribution in [0.25, 0.3) is 11.0 Å². The van der Waals surface area contributed by atoms with Crippen molar-refractivity contribution in [1.82, 2.24) is 15.5 Å². The van der Waals surface area contributed by atoms with Gasteiger partial charge in [-0.05, 0) is 5.56 Å². The zero-order valence-corrected chi connectivity index (χ0v) is 29.0. The van der Waals surface area contributed by atoms with E-state index < -0.39 is 104 Å². The Morgan fingerprint density at radius 1 is 0.925 bits per heavy atom. The van der Waals surface area contributed by atoms with E-state index in [1.165, 1.54) is 12.1 Å². The molecule has 1 aromatic heterocycles. The molecular formula is C34H29N3O15S. The lowest BCUT2D eigenvalue weighted by Crippen LogP contribution is -2.71. The number of ether oxygens (including phenoxy) is 4. The first kappa shape index (κ1) is 37.7. The molecule has 53 heavy (non-hydrogen) atoms. The Hall–Kier alpha value is -6.50. The number of β-lactam (4-membered cyclic amide) rings is 1. The van der Waals surface area contributed by atoms with Gasteiger partial charge in [0.2, 0.25) is 22.8 Å². The van der Waals surface area contributed by atoms with Crippen LogP contribution in [0.2, 0.25) is 0 Å². The first-order valence-electron chi connectivity index (χ1n) is 15.5. The monoisotopic (exact) mass is 751 g/mol. The van der Waals surface area contributed by atoms with Crippen LogP contribution < -0.4 is 30.3 Å². The zero-order chi connectivity index (χ0) is 38.7. The molecular weight excluding hydrogens is 722 g/mol. The molecule has 5 rings (SSSR count). The molecule has 3 atom stereocenters. The summed E-state index contributed by atoms with van der Waals surface area (Å²) in [6.45, 7) is 3.84. The molecule has 3 amide bonds. The molecule has 0 radical (unpaired) electrons. The molecule has 276 valence electrons. The van der Waals surface area contributed by atoms with Crippen molar-refractivity contribution in [3.63, 3.8) is 0 Å². The van der Waals surface area contributed by atoms with E-state index >= 15 is 0 Å². The van der Waals surface area contributed by atoms with Crippen LogP contribution >= 0.6 is 11.8 Å². The largest absolute Gasteiger partial charge is 0.477 e. The minimum Gasteiger partial charge on any atom is -0.477 e. The van der Waals surface area contributed by atoms with Crippen molar-refractivity contribution in [3.8, 4) is 17.2 Å². The van der Waals surface area contributed by atoms with Crippen LogP contribution in [0.3, 0.4) is 0 Å². The summed E-state index contributed by atoms with van der Waals surface area (Å²) in [5.74, 6) is -9.17. The smallest absolute Gasteiger partial charge is 0.352 e. The maximum absolute atomic E-state index is 13.8. The maximum atomic E-state index is 13.8. The van der Waals surface area contributed by atoms with Crippen molar-refractivity contribution in [2.24, 2.45) is 0 Å². The van der Waals surface area contributed by atoms with Gasteiger partial charge in [0.25, 0.3) is 11.8 Å². The number of amides is 3. The highest BCUT2D eigenvalue weighted by molar-refractivity contribution is 8.00. The SMILES string of the molecule is CC(=O)OCC1=C(C(=O)O)N2C(=O)[C@@H](NC(=O)C(NC(=O)c3coc4c(OC(C)=O)c(OC(C)=O)c(OC(C)=O)cc4c3=O)c3ccccc3)[C@@H]2SC1. The lowest BCUT2D eigenvalue weighted by atomic mass is 10.0. The summed E-state index contributed by atoms with van der Waals surface area (Å²) in [7, 11) is 0. The summed E-state index contributed by atoms with van der Waals surface area (Å²) in [6, 6.07) is 6.00. The van der Waals surface area contributed by atoms with Gasteiger partial charge in [-0.2, -0.15) is 0 Å². The summed E-state index contributed by atoms with van der Waals surface area (Å²) < 4.78 is 25.8. The average Bonchev–Trinajstić information content (AvgIpc) is 3.09. The quantitative estimate of drug-likeness (QED) is 0.142. The minimum absolute atomic E-state index is 0.0764. The van der Waals surface area contributed by atoms with Crippen LogP contribution in [0.5, 0.6) is 17.2 Å². The Morgan fingerprint density at radius 2 is 1.57 bits per heavy atom. The highest BCUT2D eigenvalue weighted by atomic mass is 32.2. The number of hydrogen-bond donors (Lipinski definition) is 3. The van der Waals surface area contributed by atoms with Crippen molar-refractivity contribution in [1.29, 1.82) is 0 Å². The number of fused-ring (bicyclic) bond motifs is 2. The van der Waals surface area contributed by atoms with E-state index in [-0.39, 0.29) is 29.2 Å². The summed E-state index contributed by atoms with van der Waals surface area (Å²) in [5, 5.41) is 13.6. The topological polar surface area (TPSA) is 251 Å². The minimum atomic E-state index is -1.51. The Labute approximate surface area is 302 Å². The van der Waals surface area contributed by atoms with Crippen molar-refractivity contribution in [2.45, 2.75) is 45.2 Å². The lowest BCUT2D eigenvalue weighted by molar-refractivity contribution is -0.151. The number of carbonyl (C=O) groups is 8. The number of carboxylic acids is 1. The zero-order valence-electron chi connectivity index (χ0n) is 28.2. The molecule has 3 heterocycles. The molecule has 18 nitrogen and oxygen atoms in total. The number of hydrogen-bond acceptors (Lipinski definition) is 15. The van der Waals surface area contributed by atoms with Gasteiger partial charge in [-0.3, -0.25) is 43.3 Å². The molecule has 2 aliphatic heterocycles. The number of thioether (sulfide) groups is 1. The molecule has 2 aromatic carbocycles. The molecule has 0 aliphatic carbocycles. The molecule has 3 aromatic rings. The van der Waals surface area contributed by atoms with Gasteiger partial charge in [0.1, 0.15) is 41.6 Å². The van der Waals surface area contributed by atoms with Gasteiger partial charge >= 0.3 is 29.8 Å². The van der Waals surface area contributed by atoms with Crippen LogP contribution in [0.15, 0.2) is 63.1 Å². The fourth-order valence-corrected chi connectivity index (χ4v) is 6.77. The maximum Gasteiger partial charge on any atom is 0.352 e. The van der Waals surface area contributed by atoms with Gasteiger partial charge in [-0.25, -0.2) is 4.79 Å². The lowest BCUT2D eigenvalue weighted by Gasteiger charge is -2.49. The number of aliphatic carboxylic acids is 1. The van der Waals surface area contributed by atoms with E-state index in [1.807, 2.05) is 0 Å². The van der Waals surface area contributed by atoms with Crippen molar-refractivity contribution < 1.29 is 66.8 Å². The van der Waals surface area contributed by atoms with E-state index in [4.69, 9.17) is 23.4 Å². The molecule has 2 aliphatic rings. The number of carbonyl (C=O) groups excluding carboxylic acids is 7. The fraction of sp³-hybridized carbons (Fsp3) is 0.265. The predicted octanol–water partition coefficient (Wildman–Crippen LogP) is 1.34. The summed E-state index contributed by atoms with van der Waals surface area (Å²) in [4.78, 5) is 114. The van der Waals surface area contributed by atoms with E-state index in [0.29, 0.717) is 0 Å². The van der Waals surface area contributed by atoms with Gasteiger partial charge in [0, 0.05) is 45.1 Å². The molecule has 0 saturated carbocycles. The van der Waals surface area contributed by atoms with E-state index in [9.17, 15) is 48.3 Å².